The third-order valence-electron chi connectivity index (χ3n) is 6.86. The Morgan fingerprint density at radius 3 is 2.76 bits per heavy atom. The first-order valence-corrected chi connectivity index (χ1v) is 11.9. The van der Waals surface area contributed by atoms with Crippen LogP contribution < -0.4 is 5.56 Å². The zero-order valence-corrected chi connectivity index (χ0v) is 19.7. The minimum absolute atomic E-state index is 0.0306. The van der Waals surface area contributed by atoms with Crippen molar-refractivity contribution in [3.05, 3.63) is 123 Å². The Hall–Kier alpha value is -4.59. The molecule has 6 rings (SSSR count). The van der Waals surface area contributed by atoms with Crippen LogP contribution in [0.1, 0.15) is 27.0 Å². The van der Waals surface area contributed by atoms with Gasteiger partial charge < -0.3 is 14.5 Å². The van der Waals surface area contributed by atoms with Gasteiger partial charge in [-0.05, 0) is 71.1 Å². The molecule has 0 spiro atoms. The lowest BCUT2D eigenvalue weighted by atomic mass is 9.94. The van der Waals surface area contributed by atoms with E-state index < -0.39 is 17.2 Å². The lowest BCUT2D eigenvalue weighted by Gasteiger charge is -2.29. The van der Waals surface area contributed by atoms with Crippen LogP contribution in [-0.2, 0) is 19.5 Å². The summed E-state index contributed by atoms with van der Waals surface area (Å²) < 4.78 is 28.2. The van der Waals surface area contributed by atoms with E-state index in [4.69, 9.17) is 0 Å². The van der Waals surface area contributed by atoms with Crippen molar-refractivity contribution in [1.82, 2.24) is 19.4 Å². The molecule has 5 aromatic rings. The Balaban J connectivity index is 1.26. The highest BCUT2D eigenvalue weighted by atomic mass is 19.2. The second-order valence-electron chi connectivity index (χ2n) is 9.17. The lowest BCUT2D eigenvalue weighted by Crippen LogP contribution is -2.39. The van der Waals surface area contributed by atoms with Gasteiger partial charge in [-0.25, -0.2) is 13.8 Å². The van der Waals surface area contributed by atoms with Gasteiger partial charge in [0.05, 0.1) is 6.54 Å². The van der Waals surface area contributed by atoms with Crippen molar-refractivity contribution < 1.29 is 13.6 Å². The Kier molecular flexibility index (Phi) is 5.64. The van der Waals surface area contributed by atoms with Gasteiger partial charge in [0.25, 0.3) is 11.5 Å². The number of H-pyrrole nitrogens is 1. The molecule has 8 heteroatoms. The third kappa shape index (κ3) is 4.20. The first-order chi connectivity index (χ1) is 18.0. The van der Waals surface area contributed by atoms with E-state index in [-0.39, 0.29) is 18.0 Å². The maximum absolute atomic E-state index is 13.6. The molecule has 1 N–H and O–H groups in total. The van der Waals surface area contributed by atoms with Gasteiger partial charge in [0.15, 0.2) is 11.6 Å². The van der Waals surface area contributed by atoms with Crippen LogP contribution in [0.3, 0.4) is 0 Å². The van der Waals surface area contributed by atoms with Crippen LogP contribution in [0.25, 0.3) is 22.2 Å². The molecule has 0 saturated carbocycles. The summed E-state index contributed by atoms with van der Waals surface area (Å²) in [5, 5.41) is 1.03. The second kappa shape index (κ2) is 9.13. The smallest absolute Gasteiger partial charge is 0.263 e. The van der Waals surface area contributed by atoms with Gasteiger partial charge in [-0.1, -0.05) is 18.2 Å². The van der Waals surface area contributed by atoms with Gasteiger partial charge in [-0.2, -0.15) is 0 Å². The molecule has 0 atom stereocenters. The van der Waals surface area contributed by atoms with E-state index in [2.05, 4.69) is 28.2 Å². The number of carbonyl (C=O) groups is 1. The second-order valence-corrected chi connectivity index (χ2v) is 9.17. The number of pyridine rings is 2. The van der Waals surface area contributed by atoms with Gasteiger partial charge >= 0.3 is 0 Å². The molecule has 37 heavy (non-hydrogen) atoms. The predicted octanol–water partition coefficient (Wildman–Crippen LogP) is 4.92. The fourth-order valence-corrected chi connectivity index (χ4v) is 4.92. The van der Waals surface area contributed by atoms with Crippen LogP contribution in [0.4, 0.5) is 8.78 Å². The number of hydrogen-bond donors (Lipinski definition) is 1. The van der Waals surface area contributed by atoms with E-state index >= 15 is 0 Å². The summed E-state index contributed by atoms with van der Waals surface area (Å²) in [6.07, 6.45) is 5.90. The van der Waals surface area contributed by atoms with E-state index in [0.717, 1.165) is 39.9 Å². The lowest BCUT2D eigenvalue weighted by molar-refractivity contribution is 0.0732. The van der Waals surface area contributed by atoms with Gasteiger partial charge in [-0.15, -0.1) is 0 Å². The quantitative estimate of drug-likeness (QED) is 0.384. The zero-order valence-electron chi connectivity index (χ0n) is 19.7. The van der Waals surface area contributed by atoms with E-state index in [9.17, 15) is 18.4 Å². The molecule has 0 saturated heterocycles. The maximum Gasteiger partial charge on any atom is 0.263 e. The van der Waals surface area contributed by atoms with E-state index in [0.29, 0.717) is 25.1 Å². The maximum atomic E-state index is 13.6. The molecule has 0 bridgehead atoms. The Morgan fingerprint density at radius 1 is 1.00 bits per heavy atom. The fourth-order valence-electron chi connectivity index (χ4n) is 4.92. The van der Waals surface area contributed by atoms with Crippen LogP contribution in [0.5, 0.6) is 0 Å². The highest BCUT2D eigenvalue weighted by Gasteiger charge is 2.25. The Labute approximate surface area is 210 Å². The van der Waals surface area contributed by atoms with Crippen molar-refractivity contribution in [3.8, 4) is 11.1 Å². The summed E-state index contributed by atoms with van der Waals surface area (Å²) in [5.74, 6) is -2.28. The number of benzene rings is 2. The van der Waals surface area contributed by atoms with E-state index in [1.165, 1.54) is 28.5 Å². The number of aromatic amines is 1. The first kappa shape index (κ1) is 22.8. The van der Waals surface area contributed by atoms with Crippen molar-refractivity contribution in [2.75, 3.05) is 6.54 Å². The number of fused-ring (bicyclic) bond motifs is 2. The van der Waals surface area contributed by atoms with E-state index in [1.54, 1.807) is 17.2 Å². The number of aromatic nitrogens is 3. The molecule has 4 heterocycles. The molecule has 1 aliphatic heterocycles. The number of carbonyl (C=O) groups excluding carboxylic acids is 1. The number of hydrogen-bond acceptors (Lipinski definition) is 3. The number of rotatable bonds is 4. The summed E-state index contributed by atoms with van der Waals surface area (Å²) in [6.45, 7) is 0.919. The van der Waals surface area contributed by atoms with Crippen LogP contribution in [0.2, 0.25) is 0 Å². The average molecular weight is 497 g/mol. The van der Waals surface area contributed by atoms with Gasteiger partial charge in [0, 0.05) is 42.6 Å². The molecule has 0 radical (unpaired) electrons. The molecule has 3 aromatic heterocycles. The standard InChI is InChI=1S/C29H22F2N4O2/c30-25-8-5-18(13-26(25)31)16-34-11-2-4-23(28(34)36)29(37)35-12-9-19-6-7-20(14-21(19)17-35)24-15-33-27-22(24)3-1-10-32-27/h1-8,10-11,13-15H,9,12,16-17H2,(H,32,33). The Morgan fingerprint density at radius 2 is 1.89 bits per heavy atom. The molecule has 0 fully saturated rings. The van der Waals surface area contributed by atoms with Crippen LogP contribution in [0, 0.1) is 11.6 Å². The van der Waals surface area contributed by atoms with Gasteiger partial charge in [-0.3, -0.25) is 9.59 Å². The largest absolute Gasteiger partial charge is 0.346 e. The highest BCUT2D eigenvalue weighted by molar-refractivity contribution is 5.95. The van der Waals surface area contributed by atoms with Crippen LogP contribution in [0.15, 0.2) is 84.0 Å². The molecule has 0 unspecified atom stereocenters. The van der Waals surface area contributed by atoms with Crippen LogP contribution in [-0.4, -0.2) is 31.9 Å². The normalized spacial score (nSPS) is 13.1. The minimum Gasteiger partial charge on any atom is -0.346 e. The third-order valence-corrected chi connectivity index (χ3v) is 6.86. The minimum atomic E-state index is -0.979. The zero-order chi connectivity index (χ0) is 25.5. The van der Waals surface area contributed by atoms with Crippen LogP contribution >= 0.6 is 0 Å². The number of nitrogens with one attached hydrogen (secondary N) is 1. The molecule has 184 valence electrons. The summed E-state index contributed by atoms with van der Waals surface area (Å²) >= 11 is 0. The molecule has 6 nitrogen and oxygen atoms in total. The van der Waals surface area contributed by atoms with Crippen molar-refractivity contribution in [3.63, 3.8) is 0 Å². The summed E-state index contributed by atoms with van der Waals surface area (Å²) in [4.78, 5) is 35.8. The average Bonchev–Trinajstić information content (AvgIpc) is 3.35. The monoisotopic (exact) mass is 496 g/mol. The summed E-state index contributed by atoms with van der Waals surface area (Å²) in [6, 6.07) is 16.8. The molecular weight excluding hydrogens is 474 g/mol. The summed E-state index contributed by atoms with van der Waals surface area (Å²) in [7, 11) is 0. The summed E-state index contributed by atoms with van der Waals surface area (Å²) in [5.41, 5.74) is 5.10. The topological polar surface area (TPSA) is 71.0 Å². The van der Waals surface area contributed by atoms with Crippen molar-refractivity contribution >= 4 is 16.9 Å². The molecular formula is C29H22F2N4O2. The molecule has 2 aromatic carbocycles. The number of nitrogens with zero attached hydrogens (tertiary/aromatic N) is 3. The highest BCUT2D eigenvalue weighted by Crippen LogP contribution is 2.31. The number of halogens is 2. The first-order valence-electron chi connectivity index (χ1n) is 11.9. The van der Waals surface area contributed by atoms with E-state index in [1.807, 2.05) is 18.3 Å². The van der Waals surface area contributed by atoms with Crippen molar-refractivity contribution in [2.45, 2.75) is 19.5 Å². The SMILES string of the molecule is O=C(c1cccn(Cc2ccc(F)c(F)c2)c1=O)N1CCc2ccc(-c3c[nH]c4ncccc34)cc2C1. The molecule has 0 aliphatic carbocycles. The molecule has 1 aliphatic rings. The Bertz CT molecular complexity index is 1720. The van der Waals surface area contributed by atoms with Gasteiger partial charge in [0.2, 0.25) is 0 Å². The van der Waals surface area contributed by atoms with Gasteiger partial charge in [0.1, 0.15) is 11.2 Å². The predicted molar refractivity (Wildman–Crippen MR) is 136 cm³/mol. The molecule has 1 amide bonds. The van der Waals surface area contributed by atoms with Crippen molar-refractivity contribution in [2.24, 2.45) is 0 Å². The number of amides is 1. The van der Waals surface area contributed by atoms with Crippen molar-refractivity contribution in [1.29, 1.82) is 0 Å². The fraction of sp³-hybridized carbons (Fsp3) is 0.138.